The minimum absolute atomic E-state index is 0.0351. The van der Waals surface area contributed by atoms with Crippen LogP contribution in [0.1, 0.15) is 47.8 Å². The highest BCUT2D eigenvalue weighted by Crippen LogP contribution is 2.29. The SMILES string of the molecule is CC(C)(C)NC(=O)c1ccccc1C[C@@H](O)[C@H](Cc1ccccc1)NC(=O)[C@@H](CS(=O)c1ccc(C(F)(F)F)cc1)NS(C)(=O)=O. The molecule has 46 heavy (non-hydrogen) atoms. The fraction of sp³-hybridized carbons (Fsp3) is 0.375. The number of halogens is 3. The number of alkyl halides is 3. The lowest BCUT2D eigenvalue weighted by Gasteiger charge is -2.28. The van der Waals surface area contributed by atoms with Crippen molar-refractivity contribution in [1.29, 1.82) is 0 Å². The van der Waals surface area contributed by atoms with Crippen LogP contribution in [0.4, 0.5) is 13.2 Å². The van der Waals surface area contributed by atoms with E-state index in [9.17, 15) is 40.5 Å². The first-order chi connectivity index (χ1) is 21.3. The molecule has 0 aliphatic rings. The van der Waals surface area contributed by atoms with E-state index in [4.69, 9.17) is 0 Å². The monoisotopic (exact) mass is 681 g/mol. The third-order valence-electron chi connectivity index (χ3n) is 6.71. The number of aliphatic hydroxyl groups is 1. The Morgan fingerprint density at radius 1 is 0.891 bits per heavy atom. The zero-order chi connectivity index (χ0) is 34.3. The smallest absolute Gasteiger partial charge is 0.391 e. The Morgan fingerprint density at radius 3 is 2.04 bits per heavy atom. The van der Waals surface area contributed by atoms with Crippen molar-refractivity contribution >= 4 is 32.6 Å². The Hall–Kier alpha value is -3.59. The highest BCUT2D eigenvalue weighted by atomic mass is 32.2. The predicted molar refractivity (Wildman–Crippen MR) is 170 cm³/mol. The zero-order valence-corrected chi connectivity index (χ0v) is 27.4. The lowest BCUT2D eigenvalue weighted by molar-refractivity contribution is -0.137. The summed E-state index contributed by atoms with van der Waals surface area (Å²) in [5, 5.41) is 17.0. The van der Waals surface area contributed by atoms with Gasteiger partial charge in [0.15, 0.2) is 0 Å². The molecule has 0 fully saturated rings. The van der Waals surface area contributed by atoms with E-state index in [0.717, 1.165) is 36.1 Å². The first kappa shape index (κ1) is 36.9. The number of nitrogens with one attached hydrogen (secondary N) is 3. The van der Waals surface area contributed by atoms with E-state index in [-0.39, 0.29) is 23.6 Å². The number of carbonyl (C=O) groups is 2. The summed E-state index contributed by atoms with van der Waals surface area (Å²) >= 11 is 0. The molecular formula is C32H38F3N3O6S2. The summed E-state index contributed by atoms with van der Waals surface area (Å²) in [6.45, 7) is 5.50. The Bertz CT molecular complexity index is 1630. The number of carbonyl (C=O) groups excluding carboxylic acids is 2. The number of benzene rings is 3. The number of sulfonamides is 1. The van der Waals surface area contributed by atoms with Gasteiger partial charge in [0.2, 0.25) is 15.9 Å². The molecule has 9 nitrogen and oxygen atoms in total. The van der Waals surface area contributed by atoms with Crippen molar-refractivity contribution in [2.24, 2.45) is 0 Å². The van der Waals surface area contributed by atoms with Gasteiger partial charge in [-0.2, -0.15) is 13.2 Å². The molecule has 0 aliphatic heterocycles. The number of hydrogen-bond donors (Lipinski definition) is 4. The van der Waals surface area contributed by atoms with Crippen molar-refractivity contribution in [1.82, 2.24) is 15.4 Å². The molecule has 0 radical (unpaired) electrons. The fourth-order valence-electron chi connectivity index (χ4n) is 4.59. The topological polar surface area (TPSA) is 142 Å². The fourth-order valence-corrected chi connectivity index (χ4v) is 6.58. The molecule has 0 heterocycles. The van der Waals surface area contributed by atoms with Crippen molar-refractivity contribution in [3.63, 3.8) is 0 Å². The quantitative estimate of drug-likeness (QED) is 0.217. The second-order valence-corrected chi connectivity index (χ2v) is 15.2. The highest BCUT2D eigenvalue weighted by Gasteiger charge is 2.32. The summed E-state index contributed by atoms with van der Waals surface area (Å²) in [5.74, 6) is -1.83. The van der Waals surface area contributed by atoms with Crippen LogP contribution in [0.3, 0.4) is 0 Å². The first-order valence-electron chi connectivity index (χ1n) is 14.3. The van der Waals surface area contributed by atoms with Crippen LogP contribution in [0.2, 0.25) is 0 Å². The van der Waals surface area contributed by atoms with Gasteiger partial charge in [0, 0.05) is 22.4 Å². The molecule has 1 unspecified atom stereocenters. The van der Waals surface area contributed by atoms with Crippen molar-refractivity contribution in [2.75, 3.05) is 12.0 Å². The zero-order valence-electron chi connectivity index (χ0n) is 25.8. The molecular weight excluding hydrogens is 643 g/mol. The Balaban J connectivity index is 1.88. The Labute approximate surface area is 269 Å². The number of rotatable bonds is 13. The lowest BCUT2D eigenvalue weighted by atomic mass is 9.93. The maximum atomic E-state index is 13.6. The lowest BCUT2D eigenvalue weighted by Crippen LogP contribution is -2.55. The van der Waals surface area contributed by atoms with Crippen LogP contribution in [-0.4, -0.2) is 65.3 Å². The van der Waals surface area contributed by atoms with Gasteiger partial charge >= 0.3 is 6.18 Å². The third kappa shape index (κ3) is 11.6. The molecule has 14 heteroatoms. The number of amides is 2. The van der Waals surface area contributed by atoms with Crippen LogP contribution in [0.25, 0.3) is 0 Å². The van der Waals surface area contributed by atoms with Crippen molar-refractivity contribution in [3.05, 3.63) is 101 Å². The normalized spacial score (nSPS) is 15.0. The van der Waals surface area contributed by atoms with Gasteiger partial charge in [0.25, 0.3) is 5.91 Å². The van der Waals surface area contributed by atoms with Crippen molar-refractivity contribution in [2.45, 2.75) is 68.4 Å². The summed E-state index contributed by atoms with van der Waals surface area (Å²) < 4.78 is 78.5. The largest absolute Gasteiger partial charge is 0.416 e. The van der Waals surface area contributed by atoms with E-state index < -0.39 is 67.9 Å². The summed E-state index contributed by atoms with van der Waals surface area (Å²) in [7, 11) is -6.09. The van der Waals surface area contributed by atoms with Crippen LogP contribution < -0.4 is 15.4 Å². The van der Waals surface area contributed by atoms with Gasteiger partial charge in [-0.15, -0.1) is 0 Å². The summed E-state index contributed by atoms with van der Waals surface area (Å²) in [5.41, 5.74) is 0.121. The van der Waals surface area contributed by atoms with Gasteiger partial charge in [0.1, 0.15) is 6.04 Å². The van der Waals surface area contributed by atoms with E-state index in [1.807, 2.05) is 20.8 Å². The van der Waals surface area contributed by atoms with E-state index >= 15 is 0 Å². The molecule has 0 spiro atoms. The summed E-state index contributed by atoms with van der Waals surface area (Å²) in [4.78, 5) is 26.5. The van der Waals surface area contributed by atoms with Crippen LogP contribution >= 0.6 is 0 Å². The number of hydrogen-bond acceptors (Lipinski definition) is 6. The summed E-state index contributed by atoms with van der Waals surface area (Å²) in [6.07, 6.45) is -4.98. The Morgan fingerprint density at radius 2 is 1.48 bits per heavy atom. The van der Waals surface area contributed by atoms with Gasteiger partial charge in [-0.05, 0) is 68.7 Å². The highest BCUT2D eigenvalue weighted by molar-refractivity contribution is 7.89. The van der Waals surface area contributed by atoms with Crippen LogP contribution in [0, 0.1) is 0 Å². The molecule has 0 bridgehead atoms. The second-order valence-electron chi connectivity index (χ2n) is 11.9. The van der Waals surface area contributed by atoms with Gasteiger partial charge in [0.05, 0.1) is 40.5 Å². The van der Waals surface area contributed by atoms with Crippen molar-refractivity contribution in [3.8, 4) is 0 Å². The minimum atomic E-state index is -4.61. The molecule has 0 saturated carbocycles. The molecule has 3 rings (SSSR count). The second kappa shape index (κ2) is 15.3. The standard InChI is InChI=1S/C32H38F3N3O6S2/c1-31(2,3)37-29(40)25-13-9-8-12-22(25)19-28(39)26(18-21-10-6-5-7-11-21)36-30(41)27(38-46(4,43)44)20-45(42)24-16-14-23(15-17-24)32(33,34)35/h5-17,26-28,38-39H,18-20H2,1-4H3,(H,36,41)(H,37,40)/t26-,27+,28+,45?/m0/s1. The number of aliphatic hydroxyl groups excluding tert-OH is 1. The average Bonchev–Trinajstić information content (AvgIpc) is 2.95. The van der Waals surface area contributed by atoms with Gasteiger partial charge in [-0.1, -0.05) is 48.5 Å². The summed E-state index contributed by atoms with van der Waals surface area (Å²) in [6, 6.07) is 16.5. The molecule has 3 aromatic rings. The van der Waals surface area contributed by atoms with E-state index in [1.165, 1.54) is 0 Å². The van der Waals surface area contributed by atoms with Crippen LogP contribution in [0.15, 0.2) is 83.8 Å². The first-order valence-corrected chi connectivity index (χ1v) is 17.5. The van der Waals surface area contributed by atoms with E-state index in [2.05, 4.69) is 15.4 Å². The van der Waals surface area contributed by atoms with E-state index in [1.54, 1.807) is 54.6 Å². The van der Waals surface area contributed by atoms with E-state index in [0.29, 0.717) is 11.1 Å². The van der Waals surface area contributed by atoms with Crippen molar-refractivity contribution < 1.29 is 40.5 Å². The molecule has 0 aromatic heterocycles. The molecule has 0 aliphatic carbocycles. The molecule has 250 valence electrons. The minimum Gasteiger partial charge on any atom is -0.391 e. The molecule has 4 atom stereocenters. The van der Waals surface area contributed by atoms with Crippen LogP contribution in [0.5, 0.6) is 0 Å². The van der Waals surface area contributed by atoms with Gasteiger partial charge < -0.3 is 15.7 Å². The average molecular weight is 682 g/mol. The molecule has 4 N–H and O–H groups in total. The maximum absolute atomic E-state index is 13.6. The molecule has 0 saturated heterocycles. The van der Waals surface area contributed by atoms with Gasteiger partial charge in [-0.25, -0.2) is 13.1 Å². The third-order valence-corrected chi connectivity index (χ3v) is 8.85. The Kier molecular flexibility index (Phi) is 12.3. The molecule has 2 amide bonds. The van der Waals surface area contributed by atoms with Crippen LogP contribution in [-0.2, 0) is 44.6 Å². The van der Waals surface area contributed by atoms with Gasteiger partial charge in [-0.3, -0.25) is 13.8 Å². The molecule has 3 aromatic carbocycles. The maximum Gasteiger partial charge on any atom is 0.416 e. The predicted octanol–water partition coefficient (Wildman–Crippen LogP) is 3.59.